The number of hydrogen-bond acceptors (Lipinski definition) is 3. The monoisotopic (exact) mass is 286 g/mol. The molecule has 0 bridgehead atoms. The Hall–Kier alpha value is -2.40. The maximum absolute atomic E-state index is 11.9. The Morgan fingerprint density at radius 3 is 2.50 bits per heavy atom. The summed E-state index contributed by atoms with van der Waals surface area (Å²) in [6, 6.07) is 13.7. The third-order valence-electron chi connectivity index (χ3n) is 2.64. The van der Waals surface area contributed by atoms with Crippen LogP contribution in [0.25, 0.3) is 0 Å². The molecule has 0 aliphatic rings. The molecule has 0 radical (unpaired) electrons. The van der Waals surface area contributed by atoms with Gasteiger partial charge in [-0.3, -0.25) is 10.1 Å². The fraction of sp³-hybridized carbons (Fsp3) is 0.0667. The molecule has 0 atom stereocenters. The Morgan fingerprint density at radius 1 is 1.15 bits per heavy atom. The molecule has 0 saturated heterocycles. The summed E-state index contributed by atoms with van der Waals surface area (Å²) in [6.45, 7) is 1.95. The SMILES string of the molecule is Cc1ccc(C(=O)NC(=S)Nc2cccc(O)c2)cc1. The van der Waals surface area contributed by atoms with E-state index < -0.39 is 0 Å². The first-order valence-corrected chi connectivity index (χ1v) is 6.43. The van der Waals surface area contributed by atoms with E-state index in [4.69, 9.17) is 12.2 Å². The molecule has 0 spiro atoms. The number of nitrogens with one attached hydrogen (secondary N) is 2. The number of aryl methyl sites for hydroxylation is 1. The van der Waals surface area contributed by atoms with E-state index in [1.165, 1.54) is 6.07 Å². The molecule has 5 heteroatoms. The first kappa shape index (κ1) is 14.0. The number of rotatable bonds is 2. The first-order chi connectivity index (χ1) is 9.54. The summed E-state index contributed by atoms with van der Waals surface area (Å²) in [5, 5.41) is 14.9. The molecular weight excluding hydrogens is 272 g/mol. The highest BCUT2D eigenvalue weighted by molar-refractivity contribution is 7.80. The van der Waals surface area contributed by atoms with Crippen LogP contribution in [0.15, 0.2) is 48.5 Å². The van der Waals surface area contributed by atoms with E-state index in [0.717, 1.165) is 5.56 Å². The van der Waals surface area contributed by atoms with Crippen molar-refractivity contribution >= 4 is 28.9 Å². The Kier molecular flexibility index (Phi) is 4.32. The summed E-state index contributed by atoms with van der Waals surface area (Å²) in [4.78, 5) is 11.9. The molecule has 0 heterocycles. The third-order valence-corrected chi connectivity index (χ3v) is 2.85. The second-order valence-corrected chi connectivity index (χ2v) is 4.73. The number of carbonyl (C=O) groups excluding carboxylic acids is 1. The molecule has 0 saturated carbocycles. The van der Waals surface area contributed by atoms with Crippen molar-refractivity contribution in [3.63, 3.8) is 0 Å². The van der Waals surface area contributed by atoms with Gasteiger partial charge in [0.15, 0.2) is 5.11 Å². The summed E-state index contributed by atoms with van der Waals surface area (Å²) in [7, 11) is 0. The summed E-state index contributed by atoms with van der Waals surface area (Å²) < 4.78 is 0. The Bertz CT molecular complexity index is 639. The van der Waals surface area contributed by atoms with Gasteiger partial charge in [-0.2, -0.15) is 0 Å². The zero-order chi connectivity index (χ0) is 14.5. The normalized spacial score (nSPS) is 9.85. The van der Waals surface area contributed by atoms with Crippen molar-refractivity contribution < 1.29 is 9.90 Å². The van der Waals surface area contributed by atoms with Gasteiger partial charge < -0.3 is 10.4 Å². The number of thiocarbonyl (C=S) groups is 1. The van der Waals surface area contributed by atoms with Crippen LogP contribution in [0, 0.1) is 6.92 Å². The lowest BCUT2D eigenvalue weighted by Crippen LogP contribution is -2.34. The minimum Gasteiger partial charge on any atom is -0.508 e. The van der Waals surface area contributed by atoms with Gasteiger partial charge in [0.1, 0.15) is 5.75 Å². The van der Waals surface area contributed by atoms with E-state index in [1.54, 1.807) is 30.3 Å². The number of amides is 1. The van der Waals surface area contributed by atoms with Crippen molar-refractivity contribution in [1.29, 1.82) is 0 Å². The lowest BCUT2D eigenvalue weighted by molar-refractivity contribution is 0.0977. The average molecular weight is 286 g/mol. The first-order valence-electron chi connectivity index (χ1n) is 6.02. The standard InChI is InChI=1S/C15H14N2O2S/c1-10-5-7-11(8-6-10)14(19)17-15(20)16-12-3-2-4-13(18)9-12/h2-9,18H,1H3,(H2,16,17,19,20). The molecule has 1 amide bonds. The van der Waals surface area contributed by atoms with Crippen molar-refractivity contribution in [1.82, 2.24) is 5.32 Å². The molecule has 0 aromatic heterocycles. The minimum absolute atomic E-state index is 0.127. The van der Waals surface area contributed by atoms with Gasteiger partial charge in [-0.05, 0) is 43.4 Å². The number of carbonyl (C=O) groups is 1. The van der Waals surface area contributed by atoms with Gasteiger partial charge in [-0.25, -0.2) is 0 Å². The smallest absolute Gasteiger partial charge is 0.257 e. The van der Waals surface area contributed by atoms with E-state index in [0.29, 0.717) is 11.3 Å². The van der Waals surface area contributed by atoms with Crippen LogP contribution in [-0.4, -0.2) is 16.1 Å². The van der Waals surface area contributed by atoms with Crippen molar-refractivity contribution in [3.05, 3.63) is 59.7 Å². The molecule has 2 rings (SSSR count). The number of anilines is 1. The lowest BCUT2D eigenvalue weighted by Gasteiger charge is -2.09. The molecule has 102 valence electrons. The molecule has 3 N–H and O–H groups in total. The summed E-state index contributed by atoms with van der Waals surface area (Å²) in [5.74, 6) is -0.148. The molecular formula is C15H14N2O2S. The van der Waals surface area contributed by atoms with Gasteiger partial charge >= 0.3 is 0 Å². The third kappa shape index (κ3) is 3.80. The molecule has 20 heavy (non-hydrogen) atoms. The van der Waals surface area contributed by atoms with E-state index in [9.17, 15) is 9.90 Å². The van der Waals surface area contributed by atoms with Gasteiger partial charge in [0.25, 0.3) is 5.91 Å². The van der Waals surface area contributed by atoms with Gasteiger partial charge in [-0.1, -0.05) is 23.8 Å². The predicted octanol–water partition coefficient (Wildman–Crippen LogP) is 2.83. The van der Waals surface area contributed by atoms with Crippen LogP contribution < -0.4 is 10.6 Å². The zero-order valence-electron chi connectivity index (χ0n) is 10.9. The fourth-order valence-electron chi connectivity index (χ4n) is 1.63. The highest BCUT2D eigenvalue weighted by Crippen LogP contribution is 2.15. The highest BCUT2D eigenvalue weighted by Gasteiger charge is 2.07. The maximum atomic E-state index is 11.9. The zero-order valence-corrected chi connectivity index (χ0v) is 11.7. The summed E-state index contributed by atoms with van der Waals surface area (Å²) >= 11 is 5.06. The molecule has 0 unspecified atom stereocenters. The fourth-order valence-corrected chi connectivity index (χ4v) is 1.84. The van der Waals surface area contributed by atoms with Crippen molar-refractivity contribution in [2.24, 2.45) is 0 Å². The van der Waals surface area contributed by atoms with Crippen LogP contribution in [-0.2, 0) is 0 Å². The van der Waals surface area contributed by atoms with Crippen molar-refractivity contribution in [2.75, 3.05) is 5.32 Å². The quantitative estimate of drug-likeness (QED) is 0.743. The van der Waals surface area contributed by atoms with E-state index in [1.807, 2.05) is 19.1 Å². The van der Waals surface area contributed by atoms with Crippen LogP contribution in [0.1, 0.15) is 15.9 Å². The van der Waals surface area contributed by atoms with E-state index in [-0.39, 0.29) is 16.8 Å². The molecule has 4 nitrogen and oxygen atoms in total. The number of hydrogen-bond donors (Lipinski definition) is 3. The van der Waals surface area contributed by atoms with E-state index >= 15 is 0 Å². The predicted molar refractivity (Wildman–Crippen MR) is 83.0 cm³/mol. The molecule has 0 aliphatic carbocycles. The molecule has 0 aliphatic heterocycles. The molecule has 2 aromatic rings. The minimum atomic E-state index is -0.275. The van der Waals surface area contributed by atoms with Gasteiger partial charge in [0, 0.05) is 17.3 Å². The summed E-state index contributed by atoms with van der Waals surface area (Å²) in [6.07, 6.45) is 0. The van der Waals surface area contributed by atoms with Crippen LogP contribution in [0.3, 0.4) is 0 Å². The second-order valence-electron chi connectivity index (χ2n) is 4.32. The van der Waals surface area contributed by atoms with Gasteiger partial charge in [0.2, 0.25) is 0 Å². The Labute approximate surface area is 122 Å². The van der Waals surface area contributed by atoms with Crippen LogP contribution in [0.5, 0.6) is 5.75 Å². The molecule has 2 aromatic carbocycles. The Balaban J connectivity index is 1.97. The molecule has 0 fully saturated rings. The number of benzene rings is 2. The van der Waals surface area contributed by atoms with Crippen LogP contribution in [0.2, 0.25) is 0 Å². The lowest BCUT2D eigenvalue weighted by atomic mass is 10.1. The number of phenols is 1. The topological polar surface area (TPSA) is 61.4 Å². The van der Waals surface area contributed by atoms with Crippen LogP contribution in [0.4, 0.5) is 5.69 Å². The van der Waals surface area contributed by atoms with Gasteiger partial charge in [-0.15, -0.1) is 0 Å². The van der Waals surface area contributed by atoms with Crippen molar-refractivity contribution in [2.45, 2.75) is 6.92 Å². The number of aromatic hydroxyl groups is 1. The van der Waals surface area contributed by atoms with Crippen LogP contribution >= 0.6 is 12.2 Å². The average Bonchev–Trinajstić information content (AvgIpc) is 2.39. The highest BCUT2D eigenvalue weighted by atomic mass is 32.1. The number of phenolic OH excluding ortho intramolecular Hbond substituents is 1. The summed E-state index contributed by atoms with van der Waals surface area (Å²) in [5.41, 5.74) is 2.23. The van der Waals surface area contributed by atoms with Gasteiger partial charge in [0.05, 0.1) is 0 Å². The largest absolute Gasteiger partial charge is 0.508 e. The van der Waals surface area contributed by atoms with Crippen molar-refractivity contribution in [3.8, 4) is 5.75 Å². The Morgan fingerprint density at radius 2 is 1.85 bits per heavy atom. The van der Waals surface area contributed by atoms with E-state index in [2.05, 4.69) is 10.6 Å². The second kappa shape index (κ2) is 6.16. The maximum Gasteiger partial charge on any atom is 0.257 e.